The Morgan fingerprint density at radius 2 is 1.87 bits per heavy atom. The van der Waals surface area contributed by atoms with Crippen molar-refractivity contribution in [3.63, 3.8) is 0 Å². The van der Waals surface area contributed by atoms with Crippen LogP contribution in [0.4, 0.5) is 0 Å². The van der Waals surface area contributed by atoms with Gasteiger partial charge in [0.05, 0.1) is 6.04 Å². The van der Waals surface area contributed by atoms with Crippen LogP contribution in [-0.4, -0.2) is 6.54 Å². The molecule has 0 amide bonds. The summed E-state index contributed by atoms with van der Waals surface area (Å²) in [5.74, 6) is 0. The summed E-state index contributed by atoms with van der Waals surface area (Å²) in [7, 11) is 0. The maximum absolute atomic E-state index is 4.78. The summed E-state index contributed by atoms with van der Waals surface area (Å²) in [6.07, 6.45) is 2.53. The third-order valence-corrected chi connectivity index (χ3v) is 3.42. The first-order chi connectivity index (χ1) is 7.09. The maximum Gasteiger partial charge on any atom is 0.0546 e. The van der Waals surface area contributed by atoms with E-state index in [2.05, 4.69) is 45.0 Å². The molecule has 0 saturated carbocycles. The van der Waals surface area contributed by atoms with Gasteiger partial charge in [0.25, 0.3) is 0 Å². The standard InChI is InChI=1S/C14H20N/c1-11-5-7-12(8-6-11)13-14(2,3)9-4-10-15-13/h5-8,13H,4,9-10H2,1-3H3. The first-order valence-electron chi connectivity index (χ1n) is 5.83. The van der Waals surface area contributed by atoms with Crippen LogP contribution in [0.1, 0.15) is 43.9 Å². The van der Waals surface area contributed by atoms with Gasteiger partial charge in [-0.1, -0.05) is 43.7 Å². The molecular formula is C14H20N. The zero-order chi connectivity index (χ0) is 10.9. The Kier molecular flexibility index (Phi) is 2.83. The van der Waals surface area contributed by atoms with Gasteiger partial charge in [-0.3, -0.25) is 0 Å². The van der Waals surface area contributed by atoms with Crippen LogP contribution in [0.3, 0.4) is 0 Å². The number of benzene rings is 1. The van der Waals surface area contributed by atoms with Crippen molar-refractivity contribution in [1.82, 2.24) is 5.32 Å². The molecule has 1 aliphatic rings. The summed E-state index contributed by atoms with van der Waals surface area (Å²) in [6.45, 7) is 7.83. The number of aryl methyl sites for hydroxylation is 1. The molecule has 0 bridgehead atoms. The minimum atomic E-state index is 0.327. The summed E-state index contributed by atoms with van der Waals surface area (Å²) >= 11 is 0. The molecule has 2 rings (SSSR count). The molecule has 1 nitrogen and oxygen atoms in total. The molecule has 1 aliphatic heterocycles. The molecule has 0 aliphatic carbocycles. The normalized spacial score (nSPS) is 25.1. The first kappa shape index (κ1) is 10.7. The van der Waals surface area contributed by atoms with E-state index in [1.807, 2.05) is 0 Å². The van der Waals surface area contributed by atoms with Crippen LogP contribution in [-0.2, 0) is 0 Å². The van der Waals surface area contributed by atoms with Crippen LogP contribution in [0, 0.1) is 12.3 Å². The van der Waals surface area contributed by atoms with Crippen LogP contribution in [0.2, 0.25) is 0 Å². The van der Waals surface area contributed by atoms with Gasteiger partial charge in [0.2, 0.25) is 0 Å². The lowest BCUT2D eigenvalue weighted by Crippen LogP contribution is -2.35. The first-order valence-corrected chi connectivity index (χ1v) is 5.83. The number of hydrogen-bond donors (Lipinski definition) is 0. The highest BCUT2D eigenvalue weighted by Crippen LogP contribution is 2.40. The lowest BCUT2D eigenvalue weighted by atomic mass is 9.74. The van der Waals surface area contributed by atoms with Crippen LogP contribution in [0.15, 0.2) is 24.3 Å². The molecule has 1 heterocycles. The predicted molar refractivity (Wildman–Crippen MR) is 63.9 cm³/mol. The van der Waals surface area contributed by atoms with Gasteiger partial charge >= 0.3 is 0 Å². The predicted octanol–water partition coefficient (Wildman–Crippen LogP) is 3.46. The summed E-state index contributed by atoms with van der Waals surface area (Å²) in [4.78, 5) is 0. The lowest BCUT2D eigenvalue weighted by Gasteiger charge is -2.38. The SMILES string of the molecule is Cc1ccc(C2[N]CCCC2(C)C)cc1. The van der Waals surface area contributed by atoms with E-state index in [4.69, 9.17) is 5.32 Å². The van der Waals surface area contributed by atoms with Crippen molar-refractivity contribution in [2.45, 2.75) is 39.7 Å². The number of piperidine rings is 1. The summed E-state index contributed by atoms with van der Waals surface area (Å²) in [6, 6.07) is 9.24. The van der Waals surface area contributed by atoms with E-state index in [1.165, 1.54) is 24.0 Å². The van der Waals surface area contributed by atoms with Gasteiger partial charge in [-0.05, 0) is 30.7 Å². The van der Waals surface area contributed by atoms with E-state index < -0.39 is 0 Å². The highest BCUT2D eigenvalue weighted by Gasteiger charge is 2.33. The van der Waals surface area contributed by atoms with Crippen molar-refractivity contribution in [1.29, 1.82) is 0 Å². The van der Waals surface area contributed by atoms with Gasteiger partial charge in [0, 0.05) is 6.54 Å². The van der Waals surface area contributed by atoms with Gasteiger partial charge in [-0.25, -0.2) is 5.32 Å². The van der Waals surface area contributed by atoms with Crippen molar-refractivity contribution in [3.05, 3.63) is 35.4 Å². The van der Waals surface area contributed by atoms with Crippen molar-refractivity contribution >= 4 is 0 Å². The largest absolute Gasteiger partial charge is 0.233 e. The average molecular weight is 202 g/mol. The van der Waals surface area contributed by atoms with Crippen LogP contribution in [0.25, 0.3) is 0 Å². The third-order valence-electron chi connectivity index (χ3n) is 3.42. The van der Waals surface area contributed by atoms with Crippen molar-refractivity contribution in [2.75, 3.05) is 6.54 Å². The minimum absolute atomic E-state index is 0.327. The second kappa shape index (κ2) is 3.97. The van der Waals surface area contributed by atoms with E-state index in [0.717, 1.165) is 6.54 Å². The second-order valence-electron chi connectivity index (χ2n) is 5.31. The molecule has 0 aromatic heterocycles. The maximum atomic E-state index is 4.78. The minimum Gasteiger partial charge on any atom is -0.233 e. The molecule has 81 valence electrons. The third kappa shape index (κ3) is 2.23. The number of hydrogen-bond acceptors (Lipinski definition) is 0. The molecule has 1 radical (unpaired) electrons. The lowest BCUT2D eigenvalue weighted by molar-refractivity contribution is 0.177. The fourth-order valence-electron chi connectivity index (χ4n) is 2.44. The average Bonchev–Trinajstić information content (AvgIpc) is 2.19. The van der Waals surface area contributed by atoms with E-state index in [-0.39, 0.29) is 0 Å². The van der Waals surface area contributed by atoms with Gasteiger partial charge in [0.1, 0.15) is 0 Å². The smallest absolute Gasteiger partial charge is 0.0546 e. The molecule has 1 aromatic carbocycles. The van der Waals surface area contributed by atoms with Crippen LogP contribution < -0.4 is 5.32 Å². The molecule has 0 N–H and O–H groups in total. The zero-order valence-electron chi connectivity index (χ0n) is 9.96. The molecular weight excluding hydrogens is 182 g/mol. The molecule has 1 fully saturated rings. The van der Waals surface area contributed by atoms with Crippen LogP contribution >= 0.6 is 0 Å². The number of rotatable bonds is 1. The molecule has 15 heavy (non-hydrogen) atoms. The Bertz CT molecular complexity index is 324. The molecule has 1 atom stereocenters. The highest BCUT2D eigenvalue weighted by molar-refractivity contribution is 5.25. The summed E-state index contributed by atoms with van der Waals surface area (Å²) < 4.78 is 0. The second-order valence-corrected chi connectivity index (χ2v) is 5.31. The highest BCUT2D eigenvalue weighted by atomic mass is 14.9. The van der Waals surface area contributed by atoms with Gasteiger partial charge < -0.3 is 0 Å². The summed E-state index contributed by atoms with van der Waals surface area (Å²) in [5, 5.41) is 4.78. The van der Waals surface area contributed by atoms with Gasteiger partial charge in [-0.15, -0.1) is 0 Å². The molecule has 1 aromatic rings. The summed E-state index contributed by atoms with van der Waals surface area (Å²) in [5.41, 5.74) is 3.03. The fourth-order valence-corrected chi connectivity index (χ4v) is 2.44. The number of nitrogens with zero attached hydrogens (tertiary/aromatic N) is 1. The van der Waals surface area contributed by atoms with E-state index in [0.29, 0.717) is 11.5 Å². The molecule has 1 unspecified atom stereocenters. The topological polar surface area (TPSA) is 14.1 Å². The van der Waals surface area contributed by atoms with Gasteiger partial charge in [0.15, 0.2) is 0 Å². The quantitative estimate of drug-likeness (QED) is 0.662. The van der Waals surface area contributed by atoms with Gasteiger partial charge in [-0.2, -0.15) is 0 Å². The monoisotopic (exact) mass is 202 g/mol. The van der Waals surface area contributed by atoms with Crippen LogP contribution in [0.5, 0.6) is 0 Å². The Labute approximate surface area is 92.9 Å². The Balaban J connectivity index is 2.25. The molecule has 1 saturated heterocycles. The Morgan fingerprint density at radius 1 is 1.20 bits per heavy atom. The molecule has 0 spiro atoms. The fraction of sp³-hybridized carbons (Fsp3) is 0.571. The van der Waals surface area contributed by atoms with E-state index in [9.17, 15) is 0 Å². The van der Waals surface area contributed by atoms with Crippen molar-refractivity contribution < 1.29 is 0 Å². The zero-order valence-corrected chi connectivity index (χ0v) is 9.96. The van der Waals surface area contributed by atoms with Crippen molar-refractivity contribution in [2.24, 2.45) is 5.41 Å². The Morgan fingerprint density at radius 3 is 2.47 bits per heavy atom. The Hall–Kier alpha value is -0.820. The van der Waals surface area contributed by atoms with Crippen molar-refractivity contribution in [3.8, 4) is 0 Å². The van der Waals surface area contributed by atoms with E-state index >= 15 is 0 Å². The van der Waals surface area contributed by atoms with E-state index in [1.54, 1.807) is 0 Å². The molecule has 1 heteroatoms.